The van der Waals surface area contributed by atoms with Crippen molar-refractivity contribution in [3.63, 3.8) is 0 Å². The molecule has 0 aliphatic heterocycles. The van der Waals surface area contributed by atoms with Crippen molar-refractivity contribution in [2.75, 3.05) is 0 Å². The van der Waals surface area contributed by atoms with Crippen LogP contribution in [-0.4, -0.2) is 19.1 Å². The summed E-state index contributed by atoms with van der Waals surface area (Å²) in [6.45, 7) is 2.17. The zero-order valence-electron chi connectivity index (χ0n) is 28.0. The van der Waals surface area contributed by atoms with Crippen LogP contribution in [0.1, 0.15) is 5.56 Å². The van der Waals surface area contributed by atoms with Crippen LogP contribution >= 0.6 is 0 Å². The minimum atomic E-state index is 0.697. The van der Waals surface area contributed by atoms with Gasteiger partial charge in [0.15, 0.2) is 5.82 Å². The fraction of sp³-hybridized carbons (Fsp3) is 0.0213. The standard InChI is InChI=1S/C47H32N4/c1-31-24-25-40-39-20-10-13-23-45(39)51(46(40)26-31)36-28-34(27-35(29-36)50-43-21-11-8-18-37(43)38-19-9-12-22-44(38)50)42-30-41(32-14-4-2-5-15-32)48-47(49-42)33-16-6-3-7-17-33/h2-30H,1H3. The van der Waals surface area contributed by atoms with Crippen LogP contribution in [0.4, 0.5) is 0 Å². The van der Waals surface area contributed by atoms with Crippen molar-refractivity contribution in [3.05, 3.63) is 181 Å². The number of aromatic nitrogens is 4. The van der Waals surface area contributed by atoms with Gasteiger partial charge in [0, 0.05) is 49.6 Å². The second kappa shape index (κ2) is 11.7. The molecule has 0 saturated carbocycles. The Hall–Kier alpha value is -6.78. The molecule has 0 aliphatic carbocycles. The third-order valence-corrected chi connectivity index (χ3v) is 9.95. The van der Waals surface area contributed by atoms with Gasteiger partial charge in [0.05, 0.1) is 33.5 Å². The number of para-hydroxylation sites is 3. The number of hydrogen-bond donors (Lipinski definition) is 0. The summed E-state index contributed by atoms with van der Waals surface area (Å²) in [5.74, 6) is 0.697. The SMILES string of the molecule is Cc1ccc2c3ccccc3n(-c3cc(-c4cc(-c5ccccc5)nc(-c5ccccc5)n4)cc(-n4c5ccccc5c5ccccc54)c3)c2c1. The third-order valence-electron chi connectivity index (χ3n) is 9.95. The van der Waals surface area contributed by atoms with Crippen LogP contribution < -0.4 is 0 Å². The molecular formula is C47H32N4. The van der Waals surface area contributed by atoms with E-state index in [9.17, 15) is 0 Å². The number of rotatable bonds is 5. The van der Waals surface area contributed by atoms with Crippen molar-refractivity contribution < 1.29 is 0 Å². The van der Waals surface area contributed by atoms with Crippen molar-refractivity contribution in [1.82, 2.24) is 19.1 Å². The first-order valence-corrected chi connectivity index (χ1v) is 17.3. The van der Waals surface area contributed by atoms with E-state index >= 15 is 0 Å². The molecule has 0 amide bonds. The van der Waals surface area contributed by atoms with Crippen molar-refractivity contribution in [2.24, 2.45) is 0 Å². The Morgan fingerprint density at radius 2 is 0.804 bits per heavy atom. The lowest BCUT2D eigenvalue weighted by molar-refractivity contribution is 1.13. The topological polar surface area (TPSA) is 35.6 Å². The molecule has 0 atom stereocenters. The average Bonchev–Trinajstić information content (AvgIpc) is 3.71. The Morgan fingerprint density at radius 1 is 0.353 bits per heavy atom. The van der Waals surface area contributed by atoms with Gasteiger partial charge in [0.1, 0.15) is 0 Å². The van der Waals surface area contributed by atoms with Crippen LogP contribution in [0.5, 0.6) is 0 Å². The molecule has 7 aromatic carbocycles. The molecule has 240 valence electrons. The molecule has 0 spiro atoms. The van der Waals surface area contributed by atoms with Gasteiger partial charge in [0.2, 0.25) is 0 Å². The van der Waals surface area contributed by atoms with Crippen LogP contribution in [0.15, 0.2) is 176 Å². The monoisotopic (exact) mass is 652 g/mol. The summed E-state index contributed by atoms with van der Waals surface area (Å²) >= 11 is 0. The van der Waals surface area contributed by atoms with Gasteiger partial charge in [-0.05, 0) is 61.0 Å². The highest BCUT2D eigenvalue weighted by atomic mass is 15.0. The number of hydrogen-bond acceptors (Lipinski definition) is 2. The number of fused-ring (bicyclic) bond motifs is 6. The fourth-order valence-corrected chi connectivity index (χ4v) is 7.63. The maximum absolute atomic E-state index is 5.28. The molecule has 0 unspecified atom stereocenters. The predicted molar refractivity (Wildman–Crippen MR) is 212 cm³/mol. The van der Waals surface area contributed by atoms with Crippen molar-refractivity contribution in [3.8, 4) is 45.3 Å². The van der Waals surface area contributed by atoms with Gasteiger partial charge in [-0.1, -0.05) is 127 Å². The summed E-state index contributed by atoms with van der Waals surface area (Å²) in [5, 5.41) is 4.93. The second-order valence-corrected chi connectivity index (χ2v) is 13.2. The number of aryl methyl sites for hydroxylation is 1. The van der Waals surface area contributed by atoms with Crippen molar-refractivity contribution in [2.45, 2.75) is 6.92 Å². The van der Waals surface area contributed by atoms with E-state index in [0.717, 1.165) is 50.5 Å². The molecule has 10 rings (SSSR count). The minimum Gasteiger partial charge on any atom is -0.309 e. The van der Waals surface area contributed by atoms with E-state index in [4.69, 9.17) is 9.97 Å². The van der Waals surface area contributed by atoms with Gasteiger partial charge in [0.25, 0.3) is 0 Å². The van der Waals surface area contributed by atoms with Gasteiger partial charge >= 0.3 is 0 Å². The Labute approximate surface area is 295 Å². The van der Waals surface area contributed by atoms with E-state index in [2.05, 4.69) is 168 Å². The highest BCUT2D eigenvalue weighted by Crippen LogP contribution is 2.38. The van der Waals surface area contributed by atoms with Crippen LogP contribution in [-0.2, 0) is 0 Å². The largest absolute Gasteiger partial charge is 0.309 e. The summed E-state index contributed by atoms with van der Waals surface area (Å²) in [5.41, 5.74) is 12.8. The Bertz CT molecular complexity index is 2810. The Morgan fingerprint density at radius 3 is 1.37 bits per heavy atom. The molecule has 3 heterocycles. The third kappa shape index (κ3) is 4.84. The van der Waals surface area contributed by atoms with E-state index in [0.29, 0.717) is 5.82 Å². The second-order valence-electron chi connectivity index (χ2n) is 13.2. The molecule has 0 fully saturated rings. The minimum absolute atomic E-state index is 0.697. The molecule has 0 N–H and O–H groups in total. The smallest absolute Gasteiger partial charge is 0.160 e. The van der Waals surface area contributed by atoms with Gasteiger partial charge < -0.3 is 9.13 Å². The summed E-state index contributed by atoms with van der Waals surface area (Å²) in [4.78, 5) is 10.4. The van der Waals surface area contributed by atoms with Gasteiger partial charge in [-0.25, -0.2) is 9.97 Å². The highest BCUT2D eigenvalue weighted by molar-refractivity contribution is 6.10. The zero-order chi connectivity index (χ0) is 33.9. The van der Waals surface area contributed by atoms with E-state index in [1.165, 1.54) is 38.1 Å². The summed E-state index contributed by atoms with van der Waals surface area (Å²) in [7, 11) is 0. The maximum atomic E-state index is 5.28. The zero-order valence-corrected chi connectivity index (χ0v) is 28.0. The lowest BCUT2D eigenvalue weighted by Gasteiger charge is -2.16. The molecule has 4 nitrogen and oxygen atoms in total. The first kappa shape index (κ1) is 29.2. The van der Waals surface area contributed by atoms with Crippen molar-refractivity contribution >= 4 is 43.6 Å². The molecule has 0 bridgehead atoms. The fourth-order valence-electron chi connectivity index (χ4n) is 7.63. The van der Waals surface area contributed by atoms with E-state index in [1.54, 1.807) is 0 Å². The molecule has 0 aliphatic rings. The van der Waals surface area contributed by atoms with E-state index in [-0.39, 0.29) is 0 Å². The molecule has 0 radical (unpaired) electrons. The molecule has 10 aromatic rings. The predicted octanol–water partition coefficient (Wildman–Crippen LogP) is 12.0. The lowest BCUT2D eigenvalue weighted by atomic mass is 10.0. The number of benzene rings is 7. The number of nitrogens with zero attached hydrogens (tertiary/aromatic N) is 4. The van der Waals surface area contributed by atoms with Crippen molar-refractivity contribution in [1.29, 1.82) is 0 Å². The molecule has 0 saturated heterocycles. The molecule has 4 heteroatoms. The molecule has 51 heavy (non-hydrogen) atoms. The van der Waals surface area contributed by atoms with Gasteiger partial charge in [-0.15, -0.1) is 0 Å². The van der Waals surface area contributed by atoms with Crippen LogP contribution in [0.2, 0.25) is 0 Å². The summed E-state index contributed by atoms with van der Waals surface area (Å²) < 4.78 is 4.81. The summed E-state index contributed by atoms with van der Waals surface area (Å²) in [6.07, 6.45) is 0. The molecule has 3 aromatic heterocycles. The first-order valence-electron chi connectivity index (χ1n) is 17.3. The quantitative estimate of drug-likeness (QED) is 0.185. The summed E-state index contributed by atoms with van der Waals surface area (Å²) in [6, 6.07) is 62.5. The average molecular weight is 653 g/mol. The van der Waals surface area contributed by atoms with E-state index in [1.807, 2.05) is 24.3 Å². The highest BCUT2D eigenvalue weighted by Gasteiger charge is 2.19. The van der Waals surface area contributed by atoms with Gasteiger partial charge in [-0.2, -0.15) is 0 Å². The maximum Gasteiger partial charge on any atom is 0.160 e. The lowest BCUT2D eigenvalue weighted by Crippen LogP contribution is -2.01. The van der Waals surface area contributed by atoms with Gasteiger partial charge in [-0.3, -0.25) is 0 Å². The Kier molecular flexibility index (Phi) is 6.68. The van der Waals surface area contributed by atoms with Crippen LogP contribution in [0.25, 0.3) is 88.9 Å². The first-order chi connectivity index (χ1) is 25.2. The Balaban J connectivity index is 1.32. The van der Waals surface area contributed by atoms with Crippen LogP contribution in [0, 0.1) is 6.92 Å². The van der Waals surface area contributed by atoms with Crippen LogP contribution in [0.3, 0.4) is 0 Å². The van der Waals surface area contributed by atoms with E-state index < -0.39 is 0 Å². The molecular weight excluding hydrogens is 621 g/mol. The normalized spacial score (nSPS) is 11.6.